The Bertz CT molecular complexity index is 684. The molecular formula is C18H22FN3O2. The summed E-state index contributed by atoms with van der Waals surface area (Å²) in [6.07, 6.45) is 3.99. The molecule has 1 N–H and O–H groups in total. The lowest BCUT2D eigenvalue weighted by Gasteiger charge is -2.25. The van der Waals surface area contributed by atoms with Crippen molar-refractivity contribution in [1.82, 2.24) is 14.8 Å². The molecule has 1 aliphatic heterocycles. The summed E-state index contributed by atoms with van der Waals surface area (Å²) in [7, 11) is 2.00. The number of likely N-dealkylation sites (tertiary alicyclic amines) is 1. The van der Waals surface area contributed by atoms with Gasteiger partial charge in [0.25, 0.3) is 0 Å². The van der Waals surface area contributed by atoms with Crippen LogP contribution in [0.4, 0.5) is 9.18 Å². The van der Waals surface area contributed by atoms with E-state index < -0.39 is 0 Å². The average Bonchev–Trinajstić information content (AvgIpc) is 3.21. The third kappa shape index (κ3) is 3.69. The second kappa shape index (κ2) is 7.38. The summed E-state index contributed by atoms with van der Waals surface area (Å²) in [6, 6.07) is 9.97. The van der Waals surface area contributed by atoms with Crippen LogP contribution >= 0.6 is 0 Å². The Morgan fingerprint density at radius 2 is 2.12 bits per heavy atom. The minimum atomic E-state index is -0.295. The fraction of sp³-hybridized carbons (Fsp3) is 0.389. The van der Waals surface area contributed by atoms with Crippen LogP contribution in [-0.4, -0.2) is 35.2 Å². The molecular weight excluding hydrogens is 309 g/mol. The van der Waals surface area contributed by atoms with Crippen LogP contribution in [0.3, 0.4) is 0 Å². The SMILES string of the molecule is Cn1cccc1[C@H]1CCCN1C(=O)NCCOc1ccc(F)cc1. The number of rotatable bonds is 5. The van der Waals surface area contributed by atoms with Crippen molar-refractivity contribution in [3.05, 3.63) is 54.1 Å². The topological polar surface area (TPSA) is 46.5 Å². The molecule has 3 rings (SSSR count). The summed E-state index contributed by atoms with van der Waals surface area (Å²) in [6.45, 7) is 1.52. The van der Waals surface area contributed by atoms with E-state index in [1.54, 1.807) is 12.1 Å². The number of hydrogen-bond donors (Lipinski definition) is 1. The third-order valence-electron chi connectivity index (χ3n) is 4.30. The molecule has 128 valence electrons. The van der Waals surface area contributed by atoms with Gasteiger partial charge < -0.3 is 19.5 Å². The van der Waals surface area contributed by atoms with E-state index in [9.17, 15) is 9.18 Å². The van der Waals surface area contributed by atoms with Crippen molar-refractivity contribution in [2.45, 2.75) is 18.9 Å². The van der Waals surface area contributed by atoms with Crippen molar-refractivity contribution in [1.29, 1.82) is 0 Å². The summed E-state index contributed by atoms with van der Waals surface area (Å²) >= 11 is 0. The first-order chi connectivity index (χ1) is 11.6. The molecule has 0 saturated carbocycles. The van der Waals surface area contributed by atoms with Gasteiger partial charge in [0.2, 0.25) is 0 Å². The first-order valence-electron chi connectivity index (χ1n) is 8.19. The number of aryl methyl sites for hydroxylation is 1. The average molecular weight is 331 g/mol. The van der Waals surface area contributed by atoms with Gasteiger partial charge >= 0.3 is 6.03 Å². The Morgan fingerprint density at radius 3 is 2.83 bits per heavy atom. The van der Waals surface area contributed by atoms with Crippen molar-refractivity contribution < 1.29 is 13.9 Å². The van der Waals surface area contributed by atoms with Crippen LogP contribution in [0.15, 0.2) is 42.6 Å². The highest BCUT2D eigenvalue weighted by molar-refractivity contribution is 5.75. The fourth-order valence-corrected chi connectivity index (χ4v) is 3.10. The van der Waals surface area contributed by atoms with Gasteiger partial charge in [-0.3, -0.25) is 0 Å². The molecule has 1 aromatic heterocycles. The van der Waals surface area contributed by atoms with Crippen LogP contribution in [0.1, 0.15) is 24.6 Å². The number of aromatic nitrogens is 1. The number of urea groups is 1. The van der Waals surface area contributed by atoms with E-state index in [0.717, 1.165) is 25.1 Å². The van der Waals surface area contributed by atoms with Crippen LogP contribution in [0.25, 0.3) is 0 Å². The number of nitrogens with zero attached hydrogens (tertiary/aromatic N) is 2. The third-order valence-corrected chi connectivity index (χ3v) is 4.30. The van der Waals surface area contributed by atoms with Crippen molar-refractivity contribution in [2.24, 2.45) is 7.05 Å². The minimum absolute atomic E-state index is 0.0681. The molecule has 1 aliphatic rings. The zero-order valence-corrected chi connectivity index (χ0v) is 13.7. The van der Waals surface area contributed by atoms with Gasteiger partial charge in [0.05, 0.1) is 12.6 Å². The smallest absolute Gasteiger partial charge is 0.318 e. The van der Waals surface area contributed by atoms with Gasteiger partial charge in [-0.2, -0.15) is 0 Å². The van der Waals surface area contributed by atoms with Gasteiger partial charge in [-0.1, -0.05) is 0 Å². The summed E-state index contributed by atoms with van der Waals surface area (Å²) in [5.41, 5.74) is 1.16. The monoisotopic (exact) mass is 331 g/mol. The second-order valence-corrected chi connectivity index (χ2v) is 5.93. The molecule has 0 aliphatic carbocycles. The Hall–Kier alpha value is -2.50. The van der Waals surface area contributed by atoms with Crippen molar-refractivity contribution >= 4 is 6.03 Å². The lowest BCUT2D eigenvalue weighted by atomic mass is 10.1. The number of carbonyl (C=O) groups is 1. The Balaban J connectivity index is 1.48. The van der Waals surface area contributed by atoms with E-state index in [2.05, 4.69) is 16.0 Å². The highest BCUT2D eigenvalue weighted by atomic mass is 19.1. The number of amides is 2. The van der Waals surface area contributed by atoms with Crippen LogP contribution in [-0.2, 0) is 7.05 Å². The molecule has 0 unspecified atom stereocenters. The molecule has 0 bridgehead atoms. The van der Waals surface area contributed by atoms with E-state index in [4.69, 9.17) is 4.74 Å². The van der Waals surface area contributed by atoms with Crippen LogP contribution in [0.2, 0.25) is 0 Å². The van der Waals surface area contributed by atoms with Crippen LogP contribution in [0, 0.1) is 5.82 Å². The Kier molecular flexibility index (Phi) is 5.03. The standard InChI is InChI=1S/C18H22FN3O2/c1-21-11-2-4-16(21)17-5-3-12-22(17)18(23)20-10-13-24-15-8-6-14(19)7-9-15/h2,4,6-9,11,17H,3,5,10,12-13H2,1H3,(H,20,23)/t17-/m1/s1. The van der Waals surface area contributed by atoms with E-state index in [-0.39, 0.29) is 17.9 Å². The summed E-state index contributed by atoms with van der Waals surface area (Å²) < 4.78 is 20.4. The maximum atomic E-state index is 12.8. The van der Waals surface area contributed by atoms with Gasteiger partial charge in [-0.15, -0.1) is 0 Å². The predicted octanol–water partition coefficient (Wildman–Crippen LogP) is 3.09. The summed E-state index contributed by atoms with van der Waals surface area (Å²) in [4.78, 5) is 14.3. The number of halogens is 1. The number of benzene rings is 1. The van der Waals surface area contributed by atoms with Gasteiger partial charge in [0.15, 0.2) is 0 Å². The predicted molar refractivity (Wildman–Crippen MR) is 89.4 cm³/mol. The number of hydrogen-bond acceptors (Lipinski definition) is 2. The minimum Gasteiger partial charge on any atom is -0.492 e. The molecule has 2 aromatic rings. The summed E-state index contributed by atoms with van der Waals surface area (Å²) in [5, 5.41) is 2.90. The Labute approximate surface area is 141 Å². The summed E-state index contributed by atoms with van der Waals surface area (Å²) in [5.74, 6) is 0.296. The quantitative estimate of drug-likeness (QED) is 0.856. The fourth-order valence-electron chi connectivity index (χ4n) is 3.10. The van der Waals surface area contributed by atoms with E-state index >= 15 is 0 Å². The zero-order chi connectivity index (χ0) is 16.9. The molecule has 1 saturated heterocycles. The van der Waals surface area contributed by atoms with Crippen LogP contribution in [0.5, 0.6) is 5.75 Å². The molecule has 5 nitrogen and oxygen atoms in total. The first-order valence-corrected chi connectivity index (χ1v) is 8.19. The maximum absolute atomic E-state index is 12.8. The second-order valence-electron chi connectivity index (χ2n) is 5.93. The van der Waals surface area contributed by atoms with E-state index in [1.807, 2.05) is 24.2 Å². The molecule has 1 atom stereocenters. The number of nitrogens with one attached hydrogen (secondary N) is 1. The van der Waals surface area contributed by atoms with Gasteiger partial charge in [0.1, 0.15) is 18.2 Å². The van der Waals surface area contributed by atoms with Gasteiger partial charge in [-0.25, -0.2) is 9.18 Å². The zero-order valence-electron chi connectivity index (χ0n) is 13.7. The highest BCUT2D eigenvalue weighted by Crippen LogP contribution is 2.31. The van der Waals surface area contributed by atoms with Crippen LogP contribution < -0.4 is 10.1 Å². The van der Waals surface area contributed by atoms with E-state index in [1.165, 1.54) is 12.1 Å². The van der Waals surface area contributed by atoms with E-state index in [0.29, 0.717) is 18.9 Å². The number of carbonyl (C=O) groups excluding carboxylic acids is 1. The van der Waals surface area contributed by atoms with Crippen molar-refractivity contribution in [3.63, 3.8) is 0 Å². The molecule has 1 fully saturated rings. The lowest BCUT2D eigenvalue weighted by molar-refractivity contribution is 0.188. The molecule has 0 radical (unpaired) electrons. The molecule has 1 aromatic carbocycles. The van der Waals surface area contributed by atoms with Gasteiger partial charge in [0, 0.05) is 25.5 Å². The molecule has 0 spiro atoms. The van der Waals surface area contributed by atoms with Gasteiger partial charge in [-0.05, 0) is 49.2 Å². The Morgan fingerprint density at radius 1 is 1.33 bits per heavy atom. The lowest BCUT2D eigenvalue weighted by Crippen LogP contribution is -2.41. The first kappa shape index (κ1) is 16.4. The van der Waals surface area contributed by atoms with Crippen molar-refractivity contribution in [2.75, 3.05) is 19.7 Å². The molecule has 2 amide bonds. The number of ether oxygens (including phenoxy) is 1. The maximum Gasteiger partial charge on any atom is 0.318 e. The van der Waals surface area contributed by atoms with Crippen molar-refractivity contribution in [3.8, 4) is 5.75 Å². The highest BCUT2D eigenvalue weighted by Gasteiger charge is 2.31. The molecule has 24 heavy (non-hydrogen) atoms. The normalized spacial score (nSPS) is 17.1. The molecule has 2 heterocycles. The molecule has 6 heteroatoms. The largest absolute Gasteiger partial charge is 0.492 e.